The van der Waals surface area contributed by atoms with E-state index < -0.39 is 17.1 Å². The van der Waals surface area contributed by atoms with Crippen molar-refractivity contribution in [2.75, 3.05) is 26.9 Å². The highest BCUT2D eigenvalue weighted by atomic mass is 16.6. The van der Waals surface area contributed by atoms with E-state index in [0.717, 1.165) is 12.0 Å². The number of benzene rings is 1. The summed E-state index contributed by atoms with van der Waals surface area (Å²) in [5.74, 6) is 0. The molecule has 1 rings (SSSR count). The van der Waals surface area contributed by atoms with Crippen molar-refractivity contribution in [1.82, 2.24) is 5.32 Å². The van der Waals surface area contributed by atoms with Crippen LogP contribution < -0.4 is 5.32 Å². The van der Waals surface area contributed by atoms with Gasteiger partial charge >= 0.3 is 6.09 Å². The predicted molar refractivity (Wildman–Crippen MR) is 90.6 cm³/mol. The summed E-state index contributed by atoms with van der Waals surface area (Å²) in [6, 6.07) is 9.74. The molecule has 2 N–H and O–H groups in total. The lowest BCUT2D eigenvalue weighted by molar-refractivity contribution is 0.0497. The van der Waals surface area contributed by atoms with Crippen LogP contribution >= 0.6 is 0 Å². The molecule has 0 saturated heterocycles. The monoisotopic (exact) mass is 323 g/mol. The number of aliphatic hydroxyl groups is 1. The van der Waals surface area contributed by atoms with Gasteiger partial charge in [-0.25, -0.2) is 4.79 Å². The minimum Gasteiger partial charge on any atom is -0.444 e. The van der Waals surface area contributed by atoms with Crippen LogP contribution in [0.3, 0.4) is 0 Å². The number of carbonyl (C=O) groups excluding carboxylic acids is 1. The van der Waals surface area contributed by atoms with Gasteiger partial charge in [0.2, 0.25) is 0 Å². The first kappa shape index (κ1) is 19.5. The van der Waals surface area contributed by atoms with Gasteiger partial charge in [0.15, 0.2) is 0 Å². The number of alkyl carbamates (subject to hydrolysis) is 1. The van der Waals surface area contributed by atoms with E-state index in [4.69, 9.17) is 9.47 Å². The third kappa shape index (κ3) is 6.59. The minimum absolute atomic E-state index is 0.0590. The van der Waals surface area contributed by atoms with Crippen LogP contribution in [0.4, 0.5) is 4.79 Å². The molecule has 0 aliphatic heterocycles. The first-order valence-electron chi connectivity index (χ1n) is 7.95. The Hall–Kier alpha value is -1.59. The van der Waals surface area contributed by atoms with E-state index in [1.54, 1.807) is 7.11 Å². The van der Waals surface area contributed by atoms with E-state index in [1.165, 1.54) is 0 Å². The van der Waals surface area contributed by atoms with Gasteiger partial charge in [0.1, 0.15) is 5.60 Å². The molecule has 5 nitrogen and oxygen atoms in total. The average Bonchev–Trinajstić information content (AvgIpc) is 2.50. The first-order valence-corrected chi connectivity index (χ1v) is 7.95. The zero-order valence-corrected chi connectivity index (χ0v) is 14.6. The van der Waals surface area contributed by atoms with Crippen molar-refractivity contribution in [2.24, 2.45) is 0 Å². The largest absolute Gasteiger partial charge is 0.444 e. The predicted octanol–water partition coefficient (Wildman–Crippen LogP) is 2.87. The zero-order valence-electron chi connectivity index (χ0n) is 14.6. The summed E-state index contributed by atoms with van der Waals surface area (Å²) in [5.41, 5.74) is -0.0968. The Morgan fingerprint density at radius 1 is 1.22 bits per heavy atom. The molecule has 0 bridgehead atoms. The highest BCUT2D eigenvalue weighted by Crippen LogP contribution is 2.28. The number of hydrogen-bond acceptors (Lipinski definition) is 4. The molecular weight excluding hydrogens is 294 g/mol. The summed E-state index contributed by atoms with van der Waals surface area (Å²) < 4.78 is 10.4. The number of aliphatic hydroxyl groups excluding tert-OH is 1. The van der Waals surface area contributed by atoms with Gasteiger partial charge in [-0.05, 0) is 39.2 Å². The van der Waals surface area contributed by atoms with Gasteiger partial charge in [-0.3, -0.25) is 0 Å². The fraction of sp³-hybridized carbons (Fsp3) is 0.611. The Morgan fingerprint density at radius 2 is 1.87 bits per heavy atom. The van der Waals surface area contributed by atoms with E-state index in [1.807, 2.05) is 51.1 Å². The molecule has 1 aromatic carbocycles. The third-order valence-corrected chi connectivity index (χ3v) is 3.66. The summed E-state index contributed by atoms with van der Waals surface area (Å²) in [6.07, 6.45) is 1.03. The normalized spacial score (nSPS) is 14.1. The van der Waals surface area contributed by atoms with E-state index >= 15 is 0 Å². The van der Waals surface area contributed by atoms with Crippen molar-refractivity contribution in [1.29, 1.82) is 0 Å². The smallest absolute Gasteiger partial charge is 0.407 e. The Balaban J connectivity index is 2.84. The van der Waals surface area contributed by atoms with Crippen molar-refractivity contribution in [3.63, 3.8) is 0 Å². The lowest BCUT2D eigenvalue weighted by Crippen LogP contribution is -2.45. The molecule has 0 aromatic heterocycles. The molecule has 1 aromatic rings. The lowest BCUT2D eigenvalue weighted by atomic mass is 9.77. The van der Waals surface area contributed by atoms with E-state index in [-0.39, 0.29) is 6.61 Å². The molecule has 23 heavy (non-hydrogen) atoms. The van der Waals surface area contributed by atoms with Crippen LogP contribution in [0.2, 0.25) is 0 Å². The maximum atomic E-state index is 11.9. The molecule has 5 heteroatoms. The van der Waals surface area contributed by atoms with Crippen LogP contribution in [-0.4, -0.2) is 43.7 Å². The van der Waals surface area contributed by atoms with Gasteiger partial charge in [-0.2, -0.15) is 0 Å². The molecule has 1 atom stereocenters. The quantitative estimate of drug-likeness (QED) is 0.722. The zero-order chi connectivity index (χ0) is 17.3. The van der Waals surface area contributed by atoms with Gasteiger partial charge in [0.25, 0.3) is 0 Å². The molecule has 0 radical (unpaired) electrons. The molecule has 1 amide bonds. The van der Waals surface area contributed by atoms with Crippen molar-refractivity contribution in [3.05, 3.63) is 35.9 Å². The number of ether oxygens (including phenoxy) is 2. The second kappa shape index (κ2) is 8.89. The average molecular weight is 323 g/mol. The van der Waals surface area contributed by atoms with Crippen LogP contribution in [0.1, 0.15) is 39.2 Å². The van der Waals surface area contributed by atoms with Crippen molar-refractivity contribution >= 4 is 6.09 Å². The van der Waals surface area contributed by atoms with Crippen molar-refractivity contribution in [2.45, 2.75) is 44.6 Å². The minimum atomic E-state index is -0.547. The molecule has 0 spiro atoms. The number of hydrogen-bond donors (Lipinski definition) is 2. The van der Waals surface area contributed by atoms with Gasteiger partial charge in [-0.15, -0.1) is 0 Å². The van der Waals surface area contributed by atoms with Crippen LogP contribution in [0.5, 0.6) is 0 Å². The topological polar surface area (TPSA) is 67.8 Å². The molecule has 0 saturated carbocycles. The van der Waals surface area contributed by atoms with E-state index in [0.29, 0.717) is 19.6 Å². The number of nitrogens with one attached hydrogen (secondary N) is 1. The highest BCUT2D eigenvalue weighted by molar-refractivity contribution is 5.67. The second-order valence-corrected chi connectivity index (χ2v) is 6.76. The fourth-order valence-corrected chi connectivity index (χ4v) is 2.46. The molecule has 130 valence electrons. The van der Waals surface area contributed by atoms with Gasteiger partial charge in [-0.1, -0.05) is 30.3 Å². The SMILES string of the molecule is COCCCC(CO)(CNC(=O)OC(C)(C)C)c1ccccc1. The standard InChI is InChI=1S/C18H29NO4/c1-17(2,3)23-16(21)19-13-18(14-20,11-8-12-22-4)15-9-6-5-7-10-15/h5-7,9-10,20H,8,11-14H2,1-4H3,(H,19,21). The third-order valence-electron chi connectivity index (χ3n) is 3.66. The van der Waals surface area contributed by atoms with Crippen molar-refractivity contribution in [3.8, 4) is 0 Å². The summed E-state index contributed by atoms with van der Waals surface area (Å²) in [7, 11) is 1.65. The molecular formula is C18H29NO4. The molecule has 0 aliphatic carbocycles. The summed E-state index contributed by atoms with van der Waals surface area (Å²) >= 11 is 0. The number of methoxy groups -OCH3 is 1. The Bertz CT molecular complexity index is 470. The number of carbonyl (C=O) groups is 1. The van der Waals surface area contributed by atoms with Gasteiger partial charge in [0.05, 0.1) is 6.61 Å². The molecule has 1 unspecified atom stereocenters. The first-order chi connectivity index (χ1) is 10.8. The van der Waals surface area contributed by atoms with Gasteiger partial charge in [0, 0.05) is 25.7 Å². The van der Waals surface area contributed by atoms with E-state index in [9.17, 15) is 9.90 Å². The van der Waals surface area contributed by atoms with Crippen LogP contribution in [0.25, 0.3) is 0 Å². The Morgan fingerprint density at radius 3 is 2.39 bits per heavy atom. The Kier molecular flexibility index (Phi) is 7.52. The summed E-state index contributed by atoms with van der Waals surface area (Å²) in [5, 5.41) is 12.8. The van der Waals surface area contributed by atoms with Gasteiger partial charge < -0.3 is 19.9 Å². The summed E-state index contributed by atoms with van der Waals surface area (Å²) in [6.45, 7) is 6.33. The highest BCUT2D eigenvalue weighted by Gasteiger charge is 2.32. The maximum absolute atomic E-state index is 11.9. The molecule has 0 fully saturated rings. The maximum Gasteiger partial charge on any atom is 0.407 e. The molecule has 0 aliphatic rings. The number of rotatable bonds is 8. The van der Waals surface area contributed by atoms with Crippen LogP contribution in [-0.2, 0) is 14.9 Å². The van der Waals surface area contributed by atoms with E-state index in [2.05, 4.69) is 5.32 Å². The Labute approximate surface area is 139 Å². The van der Waals surface area contributed by atoms with Crippen LogP contribution in [0.15, 0.2) is 30.3 Å². The lowest BCUT2D eigenvalue weighted by Gasteiger charge is -2.33. The summed E-state index contributed by atoms with van der Waals surface area (Å²) in [4.78, 5) is 11.9. The number of amides is 1. The molecule has 0 heterocycles. The fourth-order valence-electron chi connectivity index (χ4n) is 2.46. The van der Waals surface area contributed by atoms with Crippen molar-refractivity contribution < 1.29 is 19.4 Å². The van der Waals surface area contributed by atoms with Crippen LogP contribution in [0, 0.1) is 0 Å². The second-order valence-electron chi connectivity index (χ2n) is 6.76.